The quantitative estimate of drug-likeness (QED) is 0.836. The van der Waals surface area contributed by atoms with Gasteiger partial charge in [-0.2, -0.15) is 0 Å². The fraction of sp³-hybridized carbons (Fsp3) is 0.714. The van der Waals surface area contributed by atoms with E-state index in [-0.39, 0.29) is 6.10 Å². The number of aliphatic hydroxyl groups excluding tert-OH is 1. The molecular formula is C14H24N4O. The highest BCUT2D eigenvalue weighted by Gasteiger charge is 2.19. The van der Waals surface area contributed by atoms with E-state index in [1.165, 1.54) is 0 Å². The summed E-state index contributed by atoms with van der Waals surface area (Å²) in [7, 11) is 0. The molecule has 106 valence electrons. The van der Waals surface area contributed by atoms with E-state index in [4.69, 9.17) is 0 Å². The highest BCUT2D eigenvalue weighted by atomic mass is 16.3. The Bertz CT molecular complexity index is 380. The lowest BCUT2D eigenvalue weighted by atomic mass is 10.1. The number of hydrogen-bond acceptors (Lipinski definition) is 5. The molecule has 0 aromatic carbocycles. The third-order valence-electron chi connectivity index (χ3n) is 3.25. The summed E-state index contributed by atoms with van der Waals surface area (Å²) in [6.07, 6.45) is 5.38. The predicted octanol–water partition coefficient (Wildman–Crippen LogP) is 1.18. The van der Waals surface area contributed by atoms with Crippen LogP contribution >= 0.6 is 0 Å². The summed E-state index contributed by atoms with van der Waals surface area (Å²) in [6, 6.07) is 0. The molecule has 5 nitrogen and oxygen atoms in total. The van der Waals surface area contributed by atoms with Crippen molar-refractivity contribution >= 4 is 5.95 Å². The maximum absolute atomic E-state index is 9.66. The van der Waals surface area contributed by atoms with E-state index in [0.29, 0.717) is 12.5 Å². The lowest BCUT2D eigenvalue weighted by molar-refractivity contribution is 0.153. The Kier molecular flexibility index (Phi) is 5.10. The van der Waals surface area contributed by atoms with Crippen molar-refractivity contribution in [1.82, 2.24) is 15.3 Å². The standard InChI is InChI=1S/C14H24N4O/c1-11(2)6-15-7-12-8-16-14(17-9-12)18-5-3-4-13(19)10-18/h8-9,11,13,15,19H,3-7,10H2,1-2H3. The van der Waals surface area contributed by atoms with Gasteiger partial charge in [0.2, 0.25) is 5.95 Å². The Labute approximate surface area is 115 Å². The van der Waals surface area contributed by atoms with E-state index < -0.39 is 0 Å². The molecule has 0 saturated carbocycles. The SMILES string of the molecule is CC(C)CNCc1cnc(N2CCCC(O)C2)nc1. The van der Waals surface area contributed by atoms with Crippen LogP contribution < -0.4 is 10.2 Å². The molecule has 5 heteroatoms. The van der Waals surface area contributed by atoms with Gasteiger partial charge in [0.1, 0.15) is 0 Å². The van der Waals surface area contributed by atoms with E-state index in [1.54, 1.807) is 0 Å². The van der Waals surface area contributed by atoms with Gasteiger partial charge in [-0.05, 0) is 25.3 Å². The number of β-amino-alcohol motifs (C(OH)–C–C–N with tert-alkyl or cyclic N) is 1. The van der Waals surface area contributed by atoms with Crippen molar-refractivity contribution in [3.05, 3.63) is 18.0 Å². The van der Waals surface area contributed by atoms with Gasteiger partial charge in [0, 0.05) is 37.6 Å². The van der Waals surface area contributed by atoms with Gasteiger partial charge in [-0.1, -0.05) is 13.8 Å². The fourth-order valence-electron chi connectivity index (χ4n) is 2.24. The summed E-state index contributed by atoms with van der Waals surface area (Å²) >= 11 is 0. The summed E-state index contributed by atoms with van der Waals surface area (Å²) in [5, 5.41) is 13.0. The van der Waals surface area contributed by atoms with Crippen LogP contribution in [0.3, 0.4) is 0 Å². The molecule has 2 rings (SSSR count). The van der Waals surface area contributed by atoms with Crippen molar-refractivity contribution in [2.45, 2.75) is 39.3 Å². The Balaban J connectivity index is 1.87. The van der Waals surface area contributed by atoms with E-state index in [1.807, 2.05) is 12.4 Å². The van der Waals surface area contributed by atoms with Crippen molar-refractivity contribution in [1.29, 1.82) is 0 Å². The monoisotopic (exact) mass is 264 g/mol. The lowest BCUT2D eigenvalue weighted by Crippen LogP contribution is -2.39. The fourth-order valence-corrected chi connectivity index (χ4v) is 2.24. The second-order valence-electron chi connectivity index (χ2n) is 5.66. The van der Waals surface area contributed by atoms with Crippen molar-refractivity contribution in [3.8, 4) is 0 Å². The molecule has 0 radical (unpaired) electrons. The smallest absolute Gasteiger partial charge is 0.225 e. The van der Waals surface area contributed by atoms with E-state index in [9.17, 15) is 5.11 Å². The van der Waals surface area contributed by atoms with E-state index in [0.717, 1.165) is 44.0 Å². The van der Waals surface area contributed by atoms with Gasteiger partial charge in [0.05, 0.1) is 6.10 Å². The molecule has 1 aliphatic heterocycles. The van der Waals surface area contributed by atoms with Crippen LogP contribution in [0.15, 0.2) is 12.4 Å². The lowest BCUT2D eigenvalue weighted by Gasteiger charge is -2.29. The Hall–Kier alpha value is -1.20. The van der Waals surface area contributed by atoms with Gasteiger partial charge >= 0.3 is 0 Å². The average Bonchev–Trinajstić information content (AvgIpc) is 2.39. The van der Waals surface area contributed by atoms with Crippen LogP contribution in [0.5, 0.6) is 0 Å². The molecule has 1 aliphatic rings. The number of piperidine rings is 1. The Morgan fingerprint density at radius 2 is 2.16 bits per heavy atom. The zero-order valence-corrected chi connectivity index (χ0v) is 11.8. The maximum Gasteiger partial charge on any atom is 0.225 e. The Morgan fingerprint density at radius 1 is 1.42 bits per heavy atom. The maximum atomic E-state index is 9.66. The van der Waals surface area contributed by atoms with Gasteiger partial charge in [0.15, 0.2) is 0 Å². The first-order valence-electron chi connectivity index (χ1n) is 7.10. The normalized spacial score (nSPS) is 20.0. The molecule has 1 aromatic heterocycles. The molecule has 0 spiro atoms. The second-order valence-corrected chi connectivity index (χ2v) is 5.66. The van der Waals surface area contributed by atoms with Gasteiger partial charge < -0.3 is 15.3 Å². The number of aliphatic hydroxyl groups is 1. The van der Waals surface area contributed by atoms with Crippen LogP contribution in [0.4, 0.5) is 5.95 Å². The van der Waals surface area contributed by atoms with Crippen LogP contribution in [0.2, 0.25) is 0 Å². The zero-order chi connectivity index (χ0) is 13.7. The largest absolute Gasteiger partial charge is 0.391 e. The third kappa shape index (κ3) is 4.44. The van der Waals surface area contributed by atoms with E-state index >= 15 is 0 Å². The third-order valence-corrected chi connectivity index (χ3v) is 3.25. The number of nitrogens with zero attached hydrogens (tertiary/aromatic N) is 3. The van der Waals surface area contributed by atoms with Gasteiger partial charge in [-0.15, -0.1) is 0 Å². The molecule has 0 bridgehead atoms. The molecule has 2 heterocycles. The summed E-state index contributed by atoms with van der Waals surface area (Å²) < 4.78 is 0. The highest BCUT2D eigenvalue weighted by molar-refractivity contribution is 5.30. The van der Waals surface area contributed by atoms with Crippen LogP contribution in [0.25, 0.3) is 0 Å². The van der Waals surface area contributed by atoms with Crippen LogP contribution in [-0.4, -0.2) is 40.8 Å². The van der Waals surface area contributed by atoms with Crippen molar-refractivity contribution in [2.75, 3.05) is 24.5 Å². The topological polar surface area (TPSA) is 61.3 Å². The van der Waals surface area contributed by atoms with Crippen molar-refractivity contribution in [3.63, 3.8) is 0 Å². The number of rotatable bonds is 5. The molecule has 1 unspecified atom stereocenters. The van der Waals surface area contributed by atoms with Crippen LogP contribution in [0, 0.1) is 5.92 Å². The summed E-state index contributed by atoms with van der Waals surface area (Å²) in [6.45, 7) is 7.76. The molecule has 1 fully saturated rings. The first kappa shape index (κ1) is 14.2. The van der Waals surface area contributed by atoms with Crippen LogP contribution in [-0.2, 0) is 6.54 Å². The first-order valence-corrected chi connectivity index (χ1v) is 7.10. The second kappa shape index (κ2) is 6.82. The van der Waals surface area contributed by atoms with Gasteiger partial charge in [-0.25, -0.2) is 9.97 Å². The molecule has 19 heavy (non-hydrogen) atoms. The van der Waals surface area contributed by atoms with Crippen molar-refractivity contribution in [2.24, 2.45) is 5.92 Å². The molecule has 0 aliphatic carbocycles. The number of nitrogens with one attached hydrogen (secondary N) is 1. The highest BCUT2D eigenvalue weighted by Crippen LogP contribution is 2.15. The van der Waals surface area contributed by atoms with Crippen molar-refractivity contribution < 1.29 is 5.11 Å². The number of hydrogen-bond donors (Lipinski definition) is 2. The molecule has 1 atom stereocenters. The minimum atomic E-state index is -0.246. The molecule has 1 saturated heterocycles. The average molecular weight is 264 g/mol. The molecule has 2 N–H and O–H groups in total. The summed E-state index contributed by atoms with van der Waals surface area (Å²) in [5.74, 6) is 1.38. The van der Waals surface area contributed by atoms with E-state index in [2.05, 4.69) is 34.0 Å². The zero-order valence-electron chi connectivity index (χ0n) is 11.8. The van der Waals surface area contributed by atoms with Crippen LogP contribution in [0.1, 0.15) is 32.3 Å². The minimum Gasteiger partial charge on any atom is -0.391 e. The summed E-state index contributed by atoms with van der Waals surface area (Å²) in [5.41, 5.74) is 1.10. The first-order chi connectivity index (χ1) is 9.15. The summed E-state index contributed by atoms with van der Waals surface area (Å²) in [4.78, 5) is 10.9. The molecule has 1 aromatic rings. The minimum absolute atomic E-state index is 0.246. The number of aromatic nitrogens is 2. The predicted molar refractivity (Wildman–Crippen MR) is 76.0 cm³/mol. The Morgan fingerprint density at radius 3 is 2.79 bits per heavy atom. The van der Waals surface area contributed by atoms with Gasteiger partial charge in [0.25, 0.3) is 0 Å². The molecule has 0 amide bonds. The molecular weight excluding hydrogens is 240 g/mol. The number of anilines is 1. The van der Waals surface area contributed by atoms with Gasteiger partial charge in [-0.3, -0.25) is 0 Å².